The molecule has 0 heterocycles. The summed E-state index contributed by atoms with van der Waals surface area (Å²) in [5.74, 6) is -0.412. The number of carbonyl (C=O) groups excluding carboxylic acids is 2. The first-order valence-electron chi connectivity index (χ1n) is 9.47. The lowest BCUT2D eigenvalue weighted by Crippen LogP contribution is -2.42. The maximum atomic E-state index is 13.8. The number of anilines is 1. The average molecular weight is 401 g/mol. The molecule has 1 aliphatic carbocycles. The van der Waals surface area contributed by atoms with Crippen LogP contribution in [0.15, 0.2) is 53.4 Å². The van der Waals surface area contributed by atoms with Crippen LogP contribution in [0.2, 0.25) is 0 Å². The molecule has 2 aromatic rings. The quantitative estimate of drug-likeness (QED) is 0.695. The molecule has 1 saturated carbocycles. The van der Waals surface area contributed by atoms with Gasteiger partial charge in [-0.25, -0.2) is 4.39 Å². The highest BCUT2D eigenvalue weighted by Gasteiger charge is 2.41. The molecule has 0 bridgehead atoms. The van der Waals surface area contributed by atoms with Crippen molar-refractivity contribution in [2.75, 3.05) is 19.4 Å². The Morgan fingerprint density at radius 1 is 1.04 bits per heavy atom. The number of nitrogens with zero attached hydrogens (tertiary/aromatic N) is 1. The molecule has 0 atom stereocenters. The highest BCUT2D eigenvalue weighted by Crippen LogP contribution is 2.40. The Balaban J connectivity index is 1.78. The summed E-state index contributed by atoms with van der Waals surface area (Å²) in [7, 11) is 3.42. The van der Waals surface area contributed by atoms with E-state index in [1.54, 1.807) is 32.3 Å². The van der Waals surface area contributed by atoms with Crippen molar-refractivity contribution in [3.05, 3.63) is 59.9 Å². The molecule has 0 saturated heterocycles. The van der Waals surface area contributed by atoms with E-state index >= 15 is 0 Å². The monoisotopic (exact) mass is 400 g/mol. The molecule has 28 heavy (non-hydrogen) atoms. The topological polar surface area (TPSA) is 49.4 Å². The summed E-state index contributed by atoms with van der Waals surface area (Å²) in [6.07, 6.45) is 4.43. The van der Waals surface area contributed by atoms with Crippen molar-refractivity contribution in [2.45, 2.75) is 42.4 Å². The summed E-state index contributed by atoms with van der Waals surface area (Å²) >= 11 is 1.14. The van der Waals surface area contributed by atoms with Gasteiger partial charge in [0.05, 0.1) is 5.41 Å². The predicted molar refractivity (Wildman–Crippen MR) is 111 cm³/mol. The fraction of sp³-hybridized carbons (Fsp3) is 0.364. The minimum Gasteiger partial charge on any atom is -0.339 e. The van der Waals surface area contributed by atoms with Gasteiger partial charge in [0.1, 0.15) is 5.82 Å². The maximum absolute atomic E-state index is 13.8. The Labute approximate surface area is 169 Å². The van der Waals surface area contributed by atoms with Gasteiger partial charge in [-0.2, -0.15) is 0 Å². The third kappa shape index (κ3) is 4.55. The van der Waals surface area contributed by atoms with Gasteiger partial charge >= 0.3 is 0 Å². The Morgan fingerprint density at radius 3 is 2.32 bits per heavy atom. The van der Waals surface area contributed by atoms with Crippen molar-refractivity contribution in [3.63, 3.8) is 0 Å². The van der Waals surface area contributed by atoms with Crippen LogP contribution in [-0.4, -0.2) is 30.1 Å². The van der Waals surface area contributed by atoms with Crippen molar-refractivity contribution in [2.24, 2.45) is 0 Å². The van der Waals surface area contributed by atoms with Crippen molar-refractivity contribution >= 4 is 28.6 Å². The van der Waals surface area contributed by atoms with Crippen LogP contribution in [0.3, 0.4) is 0 Å². The number of rotatable bonds is 4. The second kappa shape index (κ2) is 8.78. The van der Waals surface area contributed by atoms with Crippen molar-refractivity contribution < 1.29 is 14.0 Å². The van der Waals surface area contributed by atoms with Crippen LogP contribution in [-0.2, 0) is 10.2 Å². The van der Waals surface area contributed by atoms with E-state index in [0.717, 1.165) is 41.5 Å². The number of thioether (sulfide) groups is 1. The Hall–Kier alpha value is -2.34. The van der Waals surface area contributed by atoms with Crippen molar-refractivity contribution in [3.8, 4) is 0 Å². The first-order chi connectivity index (χ1) is 13.4. The lowest BCUT2D eigenvalue weighted by molar-refractivity contribution is -0.122. The maximum Gasteiger partial charge on any atom is 0.285 e. The number of halogens is 1. The van der Waals surface area contributed by atoms with Gasteiger partial charge in [0.25, 0.3) is 5.24 Å². The average Bonchev–Trinajstić information content (AvgIpc) is 2.69. The molecule has 4 nitrogen and oxygen atoms in total. The summed E-state index contributed by atoms with van der Waals surface area (Å²) < 4.78 is 13.8. The van der Waals surface area contributed by atoms with Crippen LogP contribution >= 0.6 is 11.8 Å². The number of benzene rings is 2. The molecule has 1 fully saturated rings. The third-order valence-electron chi connectivity index (χ3n) is 5.20. The van der Waals surface area contributed by atoms with E-state index in [1.807, 2.05) is 18.2 Å². The first kappa shape index (κ1) is 20.4. The smallest absolute Gasteiger partial charge is 0.285 e. The standard InChI is InChI=1S/C22H25FN2O2S/c1-25(2)21(27)28-19-11-9-18(10-12-19)24-20(26)22(13-4-3-5-14-22)16-7-6-8-17(23)15-16/h6-12,15H,3-5,13-14H2,1-2H3,(H,24,26). The van der Waals surface area contributed by atoms with E-state index in [9.17, 15) is 14.0 Å². The molecule has 148 valence electrons. The third-order valence-corrected chi connectivity index (χ3v) is 6.25. The molecular weight excluding hydrogens is 375 g/mol. The van der Waals surface area contributed by atoms with Gasteiger partial charge in [0.15, 0.2) is 0 Å². The van der Waals surface area contributed by atoms with Gasteiger partial charge in [-0.1, -0.05) is 31.4 Å². The highest BCUT2D eigenvalue weighted by atomic mass is 32.2. The van der Waals surface area contributed by atoms with Crippen molar-refractivity contribution in [1.82, 2.24) is 4.90 Å². The number of carbonyl (C=O) groups is 2. The molecule has 0 aliphatic heterocycles. The molecule has 0 aromatic heterocycles. The summed E-state index contributed by atoms with van der Waals surface area (Å²) in [6.45, 7) is 0. The Kier molecular flexibility index (Phi) is 6.39. The normalized spacial score (nSPS) is 15.7. The van der Waals surface area contributed by atoms with E-state index in [0.29, 0.717) is 18.5 Å². The van der Waals surface area contributed by atoms with Crippen LogP contribution < -0.4 is 5.32 Å². The van der Waals surface area contributed by atoms with Crippen LogP contribution in [0.5, 0.6) is 0 Å². The number of hydrogen-bond acceptors (Lipinski definition) is 3. The predicted octanol–water partition coefficient (Wildman–Crippen LogP) is 5.44. The number of nitrogens with one attached hydrogen (secondary N) is 1. The molecular formula is C22H25FN2O2S. The minimum atomic E-state index is -0.700. The van der Waals surface area contributed by atoms with Crippen LogP contribution in [0.25, 0.3) is 0 Å². The van der Waals surface area contributed by atoms with E-state index < -0.39 is 5.41 Å². The molecule has 1 N–H and O–H groups in total. The van der Waals surface area contributed by atoms with Crippen LogP contribution in [0.1, 0.15) is 37.7 Å². The summed E-state index contributed by atoms with van der Waals surface area (Å²) in [4.78, 5) is 27.4. The van der Waals surface area contributed by atoms with E-state index in [4.69, 9.17) is 0 Å². The van der Waals surface area contributed by atoms with Gasteiger partial charge in [0, 0.05) is 24.7 Å². The van der Waals surface area contributed by atoms with E-state index in [2.05, 4.69) is 5.32 Å². The summed E-state index contributed by atoms with van der Waals surface area (Å²) in [6, 6.07) is 13.6. The first-order valence-corrected chi connectivity index (χ1v) is 10.3. The zero-order chi connectivity index (χ0) is 20.1. The van der Waals surface area contributed by atoms with E-state index in [1.165, 1.54) is 17.0 Å². The zero-order valence-corrected chi connectivity index (χ0v) is 17.0. The van der Waals surface area contributed by atoms with E-state index in [-0.39, 0.29) is 17.0 Å². The second-order valence-corrected chi connectivity index (χ2v) is 8.42. The van der Waals surface area contributed by atoms with Gasteiger partial charge in [-0.3, -0.25) is 9.59 Å². The van der Waals surface area contributed by atoms with Crippen molar-refractivity contribution in [1.29, 1.82) is 0 Å². The number of amides is 2. The Bertz CT molecular complexity index is 846. The molecule has 0 unspecified atom stereocenters. The Morgan fingerprint density at radius 2 is 1.71 bits per heavy atom. The van der Waals surface area contributed by atoms with Gasteiger partial charge in [-0.05, 0) is 66.6 Å². The van der Waals surface area contributed by atoms with Gasteiger partial charge in [-0.15, -0.1) is 0 Å². The van der Waals surface area contributed by atoms with Crippen LogP contribution in [0, 0.1) is 5.82 Å². The largest absolute Gasteiger partial charge is 0.339 e. The lowest BCUT2D eigenvalue weighted by atomic mass is 9.68. The summed E-state index contributed by atoms with van der Waals surface area (Å²) in [5, 5.41) is 2.96. The molecule has 2 amide bonds. The molecule has 0 spiro atoms. The fourth-order valence-electron chi connectivity index (χ4n) is 3.64. The SMILES string of the molecule is CN(C)C(=O)Sc1ccc(NC(=O)C2(c3cccc(F)c3)CCCCC2)cc1. The summed E-state index contributed by atoms with van der Waals surface area (Å²) in [5.41, 5.74) is 0.718. The molecule has 3 rings (SSSR count). The van der Waals surface area contributed by atoms with Gasteiger partial charge in [0.2, 0.25) is 5.91 Å². The molecule has 2 aromatic carbocycles. The molecule has 6 heteroatoms. The second-order valence-electron chi connectivity index (χ2n) is 7.39. The minimum absolute atomic E-state index is 0.0518. The molecule has 1 aliphatic rings. The zero-order valence-electron chi connectivity index (χ0n) is 16.2. The molecule has 0 radical (unpaired) electrons. The van der Waals surface area contributed by atoms with Crippen LogP contribution in [0.4, 0.5) is 14.9 Å². The van der Waals surface area contributed by atoms with Gasteiger partial charge < -0.3 is 10.2 Å². The fourth-order valence-corrected chi connectivity index (χ4v) is 4.29. The number of hydrogen-bond donors (Lipinski definition) is 1. The lowest BCUT2D eigenvalue weighted by Gasteiger charge is -2.36. The highest BCUT2D eigenvalue weighted by molar-refractivity contribution is 8.13.